The molecule has 0 saturated carbocycles. The van der Waals surface area contributed by atoms with Crippen LogP contribution in [0.2, 0.25) is 0 Å². The Kier molecular flexibility index (Phi) is 7.06. The van der Waals surface area contributed by atoms with Gasteiger partial charge in [0, 0.05) is 28.1 Å². The van der Waals surface area contributed by atoms with Crippen LogP contribution in [-0.2, 0) is 9.47 Å². The lowest BCUT2D eigenvalue weighted by molar-refractivity contribution is -0.316. The van der Waals surface area contributed by atoms with E-state index in [1.165, 1.54) is 0 Å². The maximum Gasteiger partial charge on any atom is 0.447 e. The molecule has 0 rings (SSSR count). The van der Waals surface area contributed by atoms with Crippen LogP contribution in [0.5, 0.6) is 0 Å². The highest BCUT2D eigenvalue weighted by Crippen LogP contribution is 2.33. The number of methoxy groups -OCH3 is 2. The zero-order valence-corrected chi connectivity index (χ0v) is 9.54. The van der Waals surface area contributed by atoms with Crippen LogP contribution in [0.3, 0.4) is 0 Å². The van der Waals surface area contributed by atoms with Crippen molar-refractivity contribution in [1.82, 2.24) is 0 Å². The van der Waals surface area contributed by atoms with Crippen molar-refractivity contribution in [2.24, 2.45) is 0 Å². The fraction of sp³-hybridized carbons (Fsp3) is 1.00. The van der Waals surface area contributed by atoms with E-state index < -0.39 is 24.3 Å². The molecule has 17 heavy (non-hydrogen) atoms. The molecule has 0 radical (unpaired) electrons. The van der Waals surface area contributed by atoms with E-state index in [-0.39, 0.29) is 0 Å². The Morgan fingerprint density at radius 3 is 1.18 bits per heavy atom. The first kappa shape index (κ1) is 18.8. The number of rotatable bonds is 3. The zero-order chi connectivity index (χ0) is 14.5. The van der Waals surface area contributed by atoms with Gasteiger partial charge in [0.25, 0.3) is 12.3 Å². The predicted octanol–water partition coefficient (Wildman–Crippen LogP) is 3.46. The average Bonchev–Trinajstić information content (AvgIpc) is 2.16. The lowest BCUT2D eigenvalue weighted by atomic mass is 10.3. The molecule has 9 heteroatoms. The molecule has 0 aliphatic carbocycles. The Bertz CT molecular complexity index is 212. The van der Waals surface area contributed by atoms with Crippen LogP contribution in [0.25, 0.3) is 0 Å². The SMILES string of the molecule is COC(C)(F)C(F)(F)F.COC(C)(F)C(F)F. The summed E-state index contributed by atoms with van der Waals surface area (Å²) < 4.78 is 87.9. The molecule has 106 valence electrons. The third-order valence-corrected chi connectivity index (χ3v) is 1.68. The Hall–Kier alpha value is -0.570. The normalized spacial score (nSPS) is 19.1. The molecule has 0 spiro atoms. The van der Waals surface area contributed by atoms with Crippen LogP contribution in [0.4, 0.5) is 30.7 Å². The van der Waals surface area contributed by atoms with Gasteiger partial charge in [0.1, 0.15) is 0 Å². The van der Waals surface area contributed by atoms with E-state index in [9.17, 15) is 30.7 Å². The summed E-state index contributed by atoms with van der Waals surface area (Å²) in [6, 6.07) is 0. The summed E-state index contributed by atoms with van der Waals surface area (Å²) in [5, 5.41) is 0. The van der Waals surface area contributed by atoms with Gasteiger partial charge in [-0.25, -0.2) is 17.6 Å². The Morgan fingerprint density at radius 1 is 0.824 bits per heavy atom. The van der Waals surface area contributed by atoms with Gasteiger partial charge in [-0.2, -0.15) is 13.2 Å². The maximum absolute atomic E-state index is 12.0. The molecule has 0 aliphatic heterocycles. The molecule has 0 bridgehead atoms. The number of alkyl halides is 7. The van der Waals surface area contributed by atoms with E-state index >= 15 is 0 Å². The van der Waals surface area contributed by atoms with Crippen LogP contribution in [0.15, 0.2) is 0 Å². The molecule has 2 atom stereocenters. The lowest BCUT2D eigenvalue weighted by Gasteiger charge is -2.20. The van der Waals surface area contributed by atoms with Gasteiger partial charge in [0.15, 0.2) is 0 Å². The molecular weight excluding hydrogens is 261 g/mol. The first-order valence-corrected chi connectivity index (χ1v) is 4.14. The van der Waals surface area contributed by atoms with Crippen molar-refractivity contribution >= 4 is 0 Å². The van der Waals surface area contributed by atoms with Crippen LogP contribution < -0.4 is 0 Å². The Morgan fingerprint density at radius 2 is 1.18 bits per heavy atom. The van der Waals surface area contributed by atoms with Crippen LogP contribution >= 0.6 is 0 Å². The van der Waals surface area contributed by atoms with Crippen molar-refractivity contribution in [2.45, 2.75) is 38.2 Å². The predicted molar refractivity (Wildman–Crippen MR) is 45.1 cm³/mol. The summed E-state index contributed by atoms with van der Waals surface area (Å²) in [5.41, 5.74) is 0. The first-order valence-electron chi connectivity index (χ1n) is 4.14. The van der Waals surface area contributed by atoms with Crippen molar-refractivity contribution in [3.05, 3.63) is 0 Å². The summed E-state index contributed by atoms with van der Waals surface area (Å²) in [6.07, 6.45) is -8.02. The summed E-state index contributed by atoms with van der Waals surface area (Å²) in [6.45, 7) is 0.991. The van der Waals surface area contributed by atoms with Gasteiger partial charge < -0.3 is 9.47 Å². The van der Waals surface area contributed by atoms with Crippen LogP contribution in [0.1, 0.15) is 13.8 Å². The standard InChI is InChI=1S/C4H6F4O.C4H7F3O/c1-3(5,9-2)4(6,7)8;1-4(7,8-2)3(5)6/h1-2H3;3H,1-2H3. The molecule has 2 unspecified atom stereocenters. The highest BCUT2D eigenvalue weighted by atomic mass is 19.4. The maximum atomic E-state index is 12.0. The molecule has 2 nitrogen and oxygen atoms in total. The number of halogens is 7. The molecule has 0 amide bonds. The van der Waals surface area contributed by atoms with Crippen molar-refractivity contribution in [1.29, 1.82) is 0 Å². The molecule has 0 fully saturated rings. The van der Waals surface area contributed by atoms with Crippen molar-refractivity contribution in [3.63, 3.8) is 0 Å². The van der Waals surface area contributed by atoms with Gasteiger partial charge in [-0.05, 0) is 0 Å². The topological polar surface area (TPSA) is 18.5 Å². The van der Waals surface area contributed by atoms with E-state index in [0.717, 1.165) is 7.11 Å². The van der Waals surface area contributed by atoms with Crippen molar-refractivity contribution in [2.75, 3.05) is 14.2 Å². The van der Waals surface area contributed by atoms with E-state index in [0.29, 0.717) is 21.0 Å². The summed E-state index contributed by atoms with van der Waals surface area (Å²) in [4.78, 5) is 0. The van der Waals surface area contributed by atoms with Gasteiger partial charge >= 0.3 is 12.0 Å². The molecule has 0 aromatic rings. The lowest BCUT2D eigenvalue weighted by Crippen LogP contribution is -2.39. The minimum atomic E-state index is -4.94. The quantitative estimate of drug-likeness (QED) is 0.734. The van der Waals surface area contributed by atoms with E-state index in [4.69, 9.17) is 0 Å². The Balaban J connectivity index is 0. The van der Waals surface area contributed by atoms with Crippen LogP contribution in [0, 0.1) is 0 Å². The van der Waals surface area contributed by atoms with Gasteiger partial charge in [-0.15, -0.1) is 0 Å². The highest BCUT2D eigenvalue weighted by molar-refractivity contribution is 4.69. The van der Waals surface area contributed by atoms with Crippen molar-refractivity contribution < 1.29 is 40.2 Å². The fourth-order valence-corrected chi connectivity index (χ4v) is 0.205. The molecule has 0 heterocycles. The third-order valence-electron chi connectivity index (χ3n) is 1.68. The smallest absolute Gasteiger partial charge is 0.345 e. The molecule has 0 saturated heterocycles. The molecule has 0 aromatic carbocycles. The number of hydrogen-bond donors (Lipinski definition) is 0. The largest absolute Gasteiger partial charge is 0.447 e. The molecule has 0 aromatic heterocycles. The summed E-state index contributed by atoms with van der Waals surface area (Å²) in [5.74, 6) is -6.31. The third kappa shape index (κ3) is 6.67. The second-order valence-corrected chi connectivity index (χ2v) is 3.11. The second-order valence-electron chi connectivity index (χ2n) is 3.11. The fourth-order valence-electron chi connectivity index (χ4n) is 0.205. The summed E-state index contributed by atoms with van der Waals surface area (Å²) in [7, 11) is 1.56. The van der Waals surface area contributed by atoms with Crippen LogP contribution in [-0.4, -0.2) is 38.5 Å². The van der Waals surface area contributed by atoms with Gasteiger partial charge in [0.05, 0.1) is 0 Å². The van der Waals surface area contributed by atoms with Gasteiger partial charge in [0.2, 0.25) is 0 Å². The van der Waals surface area contributed by atoms with Crippen molar-refractivity contribution in [3.8, 4) is 0 Å². The Labute approximate surface area is 93.7 Å². The average molecular weight is 274 g/mol. The zero-order valence-electron chi connectivity index (χ0n) is 9.54. The van der Waals surface area contributed by atoms with E-state index in [2.05, 4.69) is 9.47 Å². The monoisotopic (exact) mass is 274 g/mol. The first-order chi connectivity index (χ1) is 7.31. The van der Waals surface area contributed by atoms with E-state index in [1.807, 2.05) is 0 Å². The van der Waals surface area contributed by atoms with Gasteiger partial charge in [-0.1, -0.05) is 0 Å². The minimum absolute atomic E-state index is 0.312. The minimum Gasteiger partial charge on any atom is -0.345 e. The molecule has 0 N–H and O–H groups in total. The van der Waals surface area contributed by atoms with Gasteiger partial charge in [-0.3, -0.25) is 0 Å². The molecular formula is C8H13F7O2. The number of hydrogen-bond acceptors (Lipinski definition) is 2. The molecule has 0 aliphatic rings. The summed E-state index contributed by atoms with van der Waals surface area (Å²) >= 11 is 0. The second kappa shape index (κ2) is 6.39. The highest BCUT2D eigenvalue weighted by Gasteiger charge is 2.52. The number of ether oxygens (including phenoxy) is 2. The van der Waals surface area contributed by atoms with E-state index in [1.54, 1.807) is 0 Å².